The van der Waals surface area contributed by atoms with Gasteiger partial charge in [0.15, 0.2) is 0 Å². The molecule has 10 nitrogen and oxygen atoms in total. The van der Waals surface area contributed by atoms with E-state index in [1.54, 1.807) is 20.0 Å². The van der Waals surface area contributed by atoms with Crippen molar-refractivity contribution in [3.63, 3.8) is 0 Å². The van der Waals surface area contributed by atoms with Crippen LogP contribution < -0.4 is 13.9 Å². The number of amides is 1. The number of carbonyl (C=O) groups is 1. The summed E-state index contributed by atoms with van der Waals surface area (Å²) in [5.74, 6) is -0.0914. The van der Waals surface area contributed by atoms with E-state index in [9.17, 15) is 21.6 Å². The second-order valence-corrected chi connectivity index (χ2v) is 12.3. The fourth-order valence-electron chi connectivity index (χ4n) is 4.09. The summed E-state index contributed by atoms with van der Waals surface area (Å²) >= 11 is 0. The van der Waals surface area contributed by atoms with Gasteiger partial charge in [0, 0.05) is 32.4 Å². The van der Waals surface area contributed by atoms with Gasteiger partial charge in [0.25, 0.3) is 0 Å². The smallest absolute Gasteiger partial charge is 0.247 e. The first kappa shape index (κ1) is 23.5. The topological polar surface area (TPSA) is 117 Å². The zero-order chi connectivity index (χ0) is 24.0. The lowest BCUT2D eigenvalue weighted by Crippen LogP contribution is -2.49. The number of carbonyl (C=O) groups excluding carboxylic acids is 1. The number of piperazine rings is 1. The Balaban J connectivity index is 1.65. The Hall–Kier alpha value is -2.70. The van der Waals surface area contributed by atoms with Crippen LogP contribution in [-0.4, -0.2) is 71.1 Å². The Morgan fingerprint density at radius 3 is 2.30 bits per heavy atom. The fraction of sp³-hybridized carbons (Fsp3) is 0.429. The van der Waals surface area contributed by atoms with Crippen LogP contribution in [0.3, 0.4) is 0 Å². The molecule has 4 rings (SSSR count). The number of nitrogens with zero attached hydrogens (tertiary/aromatic N) is 4. The predicted molar refractivity (Wildman–Crippen MR) is 123 cm³/mol. The number of hydrogen-bond donors (Lipinski definition) is 0. The molecule has 1 aromatic heterocycles. The molecule has 2 saturated heterocycles. The third kappa shape index (κ3) is 4.18. The lowest BCUT2D eigenvalue weighted by molar-refractivity contribution is -0.123. The molecule has 178 valence electrons. The van der Waals surface area contributed by atoms with Crippen LogP contribution in [0.25, 0.3) is 0 Å². The average Bonchev–Trinajstić information content (AvgIpc) is 2.96. The molecule has 0 radical (unpaired) electrons. The Kier molecular flexibility index (Phi) is 5.87. The van der Waals surface area contributed by atoms with Gasteiger partial charge in [-0.2, -0.15) is 4.31 Å². The number of aromatic nitrogens is 1. The molecule has 1 amide bonds. The van der Waals surface area contributed by atoms with E-state index in [4.69, 9.17) is 4.74 Å². The first-order valence-corrected chi connectivity index (χ1v) is 13.4. The predicted octanol–water partition coefficient (Wildman–Crippen LogP) is 1.30. The molecule has 2 aromatic rings. The number of anilines is 2. The molecule has 3 heterocycles. The van der Waals surface area contributed by atoms with E-state index >= 15 is 0 Å². The third-order valence-electron chi connectivity index (χ3n) is 5.80. The second kappa shape index (κ2) is 8.26. The van der Waals surface area contributed by atoms with Crippen molar-refractivity contribution < 1.29 is 26.4 Å². The fourth-order valence-corrected chi connectivity index (χ4v) is 7.79. The monoisotopic (exact) mass is 494 g/mol. The Morgan fingerprint density at radius 2 is 1.76 bits per heavy atom. The van der Waals surface area contributed by atoms with Gasteiger partial charge in [0.05, 0.1) is 24.0 Å². The van der Waals surface area contributed by atoms with E-state index in [0.717, 1.165) is 5.82 Å². The normalized spacial score (nSPS) is 20.8. The van der Waals surface area contributed by atoms with Crippen LogP contribution in [0.2, 0.25) is 0 Å². The van der Waals surface area contributed by atoms with Crippen LogP contribution in [0.1, 0.15) is 13.8 Å². The van der Waals surface area contributed by atoms with Crippen LogP contribution in [-0.2, 0) is 24.8 Å². The maximum absolute atomic E-state index is 13.5. The van der Waals surface area contributed by atoms with Crippen LogP contribution in [0.5, 0.6) is 5.75 Å². The molecular weight excluding hydrogens is 468 g/mol. The second-order valence-electron chi connectivity index (χ2n) is 8.62. The van der Waals surface area contributed by atoms with Gasteiger partial charge >= 0.3 is 0 Å². The zero-order valence-corrected chi connectivity index (χ0v) is 20.3. The number of rotatable bonds is 5. The molecule has 1 aromatic carbocycles. The molecule has 2 aliphatic rings. The standard InChI is InChI=1S/C21H26N4O6S2/c1-21(2)15-32(27,28)25(20(21)26)16-7-8-17(31-3)18(14-16)33(29,30)24-12-10-23(11-13-24)19-6-4-5-9-22-19/h4-9,14H,10-13,15H2,1-3H3. The number of benzene rings is 1. The Labute approximate surface area is 193 Å². The summed E-state index contributed by atoms with van der Waals surface area (Å²) in [7, 11) is -6.60. The van der Waals surface area contributed by atoms with Gasteiger partial charge in [-0.05, 0) is 44.2 Å². The van der Waals surface area contributed by atoms with Crippen molar-refractivity contribution in [3.05, 3.63) is 42.6 Å². The lowest BCUT2D eigenvalue weighted by Gasteiger charge is -2.35. The summed E-state index contributed by atoms with van der Waals surface area (Å²) in [6.07, 6.45) is 1.68. The summed E-state index contributed by atoms with van der Waals surface area (Å²) in [5, 5.41) is 0. The lowest BCUT2D eigenvalue weighted by atomic mass is 9.95. The Bertz CT molecular complexity index is 1270. The summed E-state index contributed by atoms with van der Waals surface area (Å²) in [5.41, 5.74) is -1.11. The highest BCUT2D eigenvalue weighted by Crippen LogP contribution is 2.39. The van der Waals surface area contributed by atoms with E-state index in [-0.39, 0.29) is 35.2 Å². The van der Waals surface area contributed by atoms with Crippen LogP contribution in [0.15, 0.2) is 47.5 Å². The van der Waals surface area contributed by atoms with E-state index in [2.05, 4.69) is 4.98 Å². The molecule has 12 heteroatoms. The quantitative estimate of drug-likeness (QED) is 0.611. The van der Waals surface area contributed by atoms with Crippen molar-refractivity contribution in [3.8, 4) is 5.75 Å². The summed E-state index contributed by atoms with van der Waals surface area (Å²) < 4.78 is 59.7. The zero-order valence-electron chi connectivity index (χ0n) is 18.6. The van der Waals surface area contributed by atoms with Gasteiger partial charge in [0.2, 0.25) is 26.0 Å². The molecule has 0 atom stereocenters. The minimum absolute atomic E-state index is 0.0166. The SMILES string of the molecule is COc1ccc(N2C(=O)C(C)(C)CS2(=O)=O)cc1S(=O)(=O)N1CCN(c2ccccn2)CC1. The van der Waals surface area contributed by atoms with Crippen LogP contribution in [0.4, 0.5) is 11.5 Å². The highest BCUT2D eigenvalue weighted by atomic mass is 32.2. The number of sulfonamides is 2. The number of methoxy groups -OCH3 is 1. The maximum Gasteiger partial charge on any atom is 0.247 e. The highest BCUT2D eigenvalue weighted by Gasteiger charge is 2.50. The van der Waals surface area contributed by atoms with E-state index in [0.29, 0.717) is 17.4 Å². The van der Waals surface area contributed by atoms with Crippen molar-refractivity contribution in [2.45, 2.75) is 18.7 Å². The van der Waals surface area contributed by atoms with Crippen molar-refractivity contribution in [2.75, 3.05) is 48.2 Å². The summed E-state index contributed by atoms with van der Waals surface area (Å²) in [4.78, 5) is 18.9. The van der Waals surface area contributed by atoms with Gasteiger partial charge in [0.1, 0.15) is 16.5 Å². The minimum atomic E-state index is -4.02. The molecule has 2 aliphatic heterocycles. The largest absolute Gasteiger partial charge is 0.495 e. The first-order valence-electron chi connectivity index (χ1n) is 10.4. The van der Waals surface area contributed by atoms with Crippen LogP contribution >= 0.6 is 0 Å². The van der Waals surface area contributed by atoms with E-state index in [1.807, 2.05) is 23.1 Å². The van der Waals surface area contributed by atoms with Gasteiger partial charge in [-0.3, -0.25) is 4.79 Å². The van der Waals surface area contributed by atoms with Gasteiger partial charge in [-0.25, -0.2) is 26.1 Å². The molecule has 0 bridgehead atoms. The molecule has 0 saturated carbocycles. The number of pyridine rings is 1. The number of hydrogen-bond acceptors (Lipinski definition) is 8. The Morgan fingerprint density at radius 1 is 1.06 bits per heavy atom. The summed E-state index contributed by atoms with van der Waals surface area (Å²) in [6.45, 7) is 4.45. The molecule has 0 aliphatic carbocycles. The van der Waals surface area contributed by atoms with E-state index in [1.165, 1.54) is 29.6 Å². The molecule has 2 fully saturated rings. The third-order valence-corrected chi connectivity index (χ3v) is 9.74. The van der Waals surface area contributed by atoms with Gasteiger partial charge < -0.3 is 9.64 Å². The van der Waals surface area contributed by atoms with Gasteiger partial charge in [-0.1, -0.05) is 6.07 Å². The molecule has 33 heavy (non-hydrogen) atoms. The van der Waals surface area contributed by atoms with Crippen molar-refractivity contribution in [1.82, 2.24) is 9.29 Å². The molecule has 0 unspecified atom stereocenters. The molecular formula is C21H26N4O6S2. The van der Waals surface area contributed by atoms with E-state index < -0.39 is 31.4 Å². The minimum Gasteiger partial charge on any atom is -0.495 e. The summed E-state index contributed by atoms with van der Waals surface area (Å²) in [6, 6.07) is 9.52. The average molecular weight is 495 g/mol. The first-order chi connectivity index (χ1) is 15.5. The van der Waals surface area contributed by atoms with Crippen molar-refractivity contribution in [1.29, 1.82) is 0 Å². The highest BCUT2D eigenvalue weighted by molar-refractivity contribution is 7.94. The maximum atomic E-state index is 13.5. The van der Waals surface area contributed by atoms with Gasteiger partial charge in [-0.15, -0.1) is 0 Å². The number of ether oxygens (including phenoxy) is 1. The van der Waals surface area contributed by atoms with Crippen molar-refractivity contribution in [2.24, 2.45) is 5.41 Å². The molecule has 0 spiro atoms. The molecule has 0 N–H and O–H groups in total. The van der Waals surface area contributed by atoms with Crippen molar-refractivity contribution >= 4 is 37.5 Å². The van der Waals surface area contributed by atoms with Crippen LogP contribution in [0, 0.1) is 5.41 Å².